The summed E-state index contributed by atoms with van der Waals surface area (Å²) in [6, 6.07) is 0. The molecule has 0 saturated carbocycles. The van der Waals surface area contributed by atoms with Gasteiger partial charge < -0.3 is 14.9 Å². The van der Waals surface area contributed by atoms with Crippen molar-refractivity contribution in [2.45, 2.75) is 19.1 Å². The van der Waals surface area contributed by atoms with Gasteiger partial charge >= 0.3 is 0 Å². The van der Waals surface area contributed by atoms with Crippen molar-refractivity contribution in [1.29, 1.82) is 0 Å². The molecule has 0 bridgehead atoms. The molecule has 0 radical (unpaired) electrons. The minimum atomic E-state index is -2.80. The number of alkyl halides is 4. The van der Waals surface area contributed by atoms with E-state index in [9.17, 15) is 17.6 Å². The van der Waals surface area contributed by atoms with E-state index in [0.717, 1.165) is 7.11 Å². The number of aliphatic hydroxyl groups is 2. The van der Waals surface area contributed by atoms with Crippen LogP contribution in [-0.2, 0) is 4.74 Å². The summed E-state index contributed by atoms with van der Waals surface area (Å²) in [4.78, 5) is 0. The van der Waals surface area contributed by atoms with Crippen molar-refractivity contribution in [2.75, 3.05) is 13.7 Å². The summed E-state index contributed by atoms with van der Waals surface area (Å²) in [5, 5.41) is 15.4. The van der Waals surface area contributed by atoms with E-state index in [1.54, 1.807) is 0 Å². The first-order valence-corrected chi connectivity index (χ1v) is 2.83. The van der Waals surface area contributed by atoms with E-state index in [2.05, 4.69) is 4.74 Å². The lowest BCUT2D eigenvalue weighted by atomic mass is 10.7. The van der Waals surface area contributed by atoms with E-state index in [1.165, 1.54) is 0 Å². The largest absolute Gasteiger partial charge is 0.390 e. The van der Waals surface area contributed by atoms with Gasteiger partial charge in [0.25, 0.3) is 12.9 Å². The molecule has 12 heavy (non-hydrogen) atoms. The molecule has 0 aromatic carbocycles. The first kappa shape index (κ1) is 14.1. The molecule has 0 aromatic rings. The fourth-order valence-corrected chi connectivity index (χ4v) is 0.103. The summed E-state index contributed by atoms with van der Waals surface area (Å²) in [6.45, 7) is -1.03. The van der Waals surface area contributed by atoms with Crippen LogP contribution in [0.15, 0.2) is 0 Å². The summed E-state index contributed by atoms with van der Waals surface area (Å²) < 4.78 is 47.0. The lowest BCUT2D eigenvalue weighted by Gasteiger charge is -2.03. The van der Waals surface area contributed by atoms with Crippen LogP contribution in [0.5, 0.6) is 0 Å². The third-order valence-corrected chi connectivity index (χ3v) is 0.595. The number of aliphatic hydroxyl groups excluding tert-OH is 2. The molecule has 0 aliphatic rings. The van der Waals surface area contributed by atoms with Crippen molar-refractivity contribution in [3.63, 3.8) is 0 Å². The molecular formula is C5H10F4O3. The molecule has 0 saturated heterocycles. The van der Waals surface area contributed by atoms with Crippen LogP contribution in [0.25, 0.3) is 0 Å². The van der Waals surface area contributed by atoms with Crippen LogP contribution in [0.4, 0.5) is 17.6 Å². The SMILES string of the molecule is COC(O)C(F)F.OCC(F)F. The van der Waals surface area contributed by atoms with E-state index in [-0.39, 0.29) is 0 Å². The number of hydrogen-bond donors (Lipinski definition) is 2. The van der Waals surface area contributed by atoms with E-state index < -0.39 is 25.7 Å². The summed E-state index contributed by atoms with van der Waals surface area (Å²) in [6.07, 6.45) is -7.29. The maximum absolute atomic E-state index is 11.1. The van der Waals surface area contributed by atoms with Crippen LogP contribution in [-0.4, -0.2) is 43.1 Å². The smallest absolute Gasteiger partial charge is 0.288 e. The fraction of sp³-hybridized carbons (Fsp3) is 1.00. The molecule has 0 heterocycles. The van der Waals surface area contributed by atoms with Gasteiger partial charge in [0.05, 0.1) is 0 Å². The van der Waals surface area contributed by atoms with Crippen LogP contribution in [0.2, 0.25) is 0 Å². The van der Waals surface area contributed by atoms with Gasteiger partial charge in [-0.1, -0.05) is 0 Å². The highest BCUT2D eigenvalue weighted by molar-refractivity contribution is 4.37. The summed E-state index contributed by atoms with van der Waals surface area (Å²) in [7, 11) is 1.01. The molecule has 0 spiro atoms. The molecule has 0 rings (SSSR count). The van der Waals surface area contributed by atoms with Crippen LogP contribution < -0.4 is 0 Å². The number of methoxy groups -OCH3 is 1. The quantitative estimate of drug-likeness (QED) is 0.507. The Kier molecular flexibility index (Phi) is 10.2. The zero-order chi connectivity index (χ0) is 10.1. The first-order valence-electron chi connectivity index (χ1n) is 2.83. The van der Waals surface area contributed by atoms with E-state index >= 15 is 0 Å². The maximum Gasteiger partial charge on any atom is 0.288 e. The van der Waals surface area contributed by atoms with E-state index in [4.69, 9.17) is 10.2 Å². The minimum Gasteiger partial charge on any atom is -0.390 e. The van der Waals surface area contributed by atoms with Gasteiger partial charge in [0, 0.05) is 7.11 Å². The minimum absolute atomic E-state index is 1.01. The van der Waals surface area contributed by atoms with Gasteiger partial charge in [-0.2, -0.15) is 0 Å². The Balaban J connectivity index is 0. The number of halogens is 4. The highest BCUT2D eigenvalue weighted by atomic mass is 19.3. The van der Waals surface area contributed by atoms with Crippen molar-refractivity contribution >= 4 is 0 Å². The Morgan fingerprint density at radius 1 is 1.25 bits per heavy atom. The standard InChI is InChI=1S/C3H6F2O2.C2H4F2O/c1-7-3(6)2(4)5;3-2(4)1-5/h2-3,6H,1H3;2,5H,1H2. The molecule has 3 nitrogen and oxygen atoms in total. The zero-order valence-electron chi connectivity index (χ0n) is 6.25. The lowest BCUT2D eigenvalue weighted by molar-refractivity contribution is -0.158. The van der Waals surface area contributed by atoms with Crippen molar-refractivity contribution in [1.82, 2.24) is 0 Å². The van der Waals surface area contributed by atoms with Crippen LogP contribution >= 0.6 is 0 Å². The normalized spacial score (nSPS) is 12.8. The third-order valence-electron chi connectivity index (χ3n) is 0.595. The molecule has 7 heteroatoms. The van der Waals surface area contributed by atoms with Gasteiger partial charge in [-0.15, -0.1) is 0 Å². The second-order valence-electron chi connectivity index (χ2n) is 1.53. The van der Waals surface area contributed by atoms with Gasteiger partial charge in [-0.3, -0.25) is 0 Å². The summed E-state index contributed by atoms with van der Waals surface area (Å²) in [5.74, 6) is 0. The van der Waals surface area contributed by atoms with Crippen LogP contribution in [0.1, 0.15) is 0 Å². The molecule has 0 aliphatic heterocycles. The molecule has 0 aliphatic carbocycles. The number of rotatable bonds is 3. The fourth-order valence-electron chi connectivity index (χ4n) is 0.103. The van der Waals surface area contributed by atoms with Gasteiger partial charge in [-0.25, -0.2) is 17.6 Å². The molecule has 2 N–H and O–H groups in total. The molecule has 1 atom stereocenters. The van der Waals surface area contributed by atoms with Gasteiger partial charge in [0.15, 0.2) is 0 Å². The molecule has 76 valence electrons. The second-order valence-corrected chi connectivity index (χ2v) is 1.53. The predicted octanol–water partition coefficient (Wildman–Crippen LogP) is 0.460. The average Bonchev–Trinajstić information content (AvgIpc) is 2.04. The topological polar surface area (TPSA) is 49.7 Å². The van der Waals surface area contributed by atoms with Gasteiger partial charge in [-0.05, 0) is 0 Å². The maximum atomic E-state index is 11.1. The van der Waals surface area contributed by atoms with Crippen LogP contribution in [0.3, 0.4) is 0 Å². The Morgan fingerprint density at radius 2 is 1.58 bits per heavy atom. The summed E-state index contributed by atoms with van der Waals surface area (Å²) in [5.41, 5.74) is 0. The Morgan fingerprint density at radius 3 is 1.58 bits per heavy atom. The molecule has 0 amide bonds. The monoisotopic (exact) mass is 194 g/mol. The first-order chi connectivity index (χ1) is 5.45. The molecule has 0 fully saturated rings. The Hall–Kier alpha value is -0.400. The van der Waals surface area contributed by atoms with Crippen molar-refractivity contribution in [3.05, 3.63) is 0 Å². The average molecular weight is 194 g/mol. The van der Waals surface area contributed by atoms with E-state index in [0.29, 0.717) is 0 Å². The van der Waals surface area contributed by atoms with Crippen molar-refractivity contribution < 1.29 is 32.5 Å². The van der Waals surface area contributed by atoms with Gasteiger partial charge in [0.1, 0.15) is 6.61 Å². The van der Waals surface area contributed by atoms with Crippen LogP contribution in [0, 0.1) is 0 Å². The lowest BCUT2D eigenvalue weighted by Crippen LogP contribution is -2.18. The van der Waals surface area contributed by atoms with Crippen molar-refractivity contribution in [2.24, 2.45) is 0 Å². The number of hydrogen-bond acceptors (Lipinski definition) is 3. The second kappa shape index (κ2) is 8.69. The predicted molar refractivity (Wildman–Crippen MR) is 32.1 cm³/mol. The van der Waals surface area contributed by atoms with Crippen molar-refractivity contribution in [3.8, 4) is 0 Å². The molecular weight excluding hydrogens is 184 g/mol. The highest BCUT2D eigenvalue weighted by Gasteiger charge is 2.13. The van der Waals surface area contributed by atoms with Gasteiger partial charge in [0.2, 0.25) is 6.29 Å². The third kappa shape index (κ3) is 12.3. The highest BCUT2D eigenvalue weighted by Crippen LogP contribution is 1.98. The Labute approximate surface area is 66.6 Å². The number of ether oxygens (including phenoxy) is 1. The Bertz CT molecular complexity index is 90.8. The summed E-state index contributed by atoms with van der Waals surface area (Å²) >= 11 is 0. The molecule has 0 aromatic heterocycles. The van der Waals surface area contributed by atoms with E-state index in [1.807, 2.05) is 0 Å². The zero-order valence-corrected chi connectivity index (χ0v) is 6.25. The molecule has 1 unspecified atom stereocenters.